The Morgan fingerprint density at radius 1 is 1.27 bits per heavy atom. The van der Waals surface area contributed by atoms with Crippen molar-refractivity contribution in [1.82, 2.24) is 5.32 Å². The standard InChI is InChI=1S/C20H22N2O4/c1-13-9-10-17-15(11-13)22(3)19(25)20(2,26-17)18(24)21-12-16(23)14-7-5-4-6-8-14/h4-11,16,23H,12H2,1-3H3,(H,21,24). The van der Waals surface area contributed by atoms with Crippen LogP contribution >= 0.6 is 0 Å². The minimum absolute atomic E-state index is 0.0143. The van der Waals surface area contributed by atoms with Crippen LogP contribution in [0.25, 0.3) is 0 Å². The highest BCUT2D eigenvalue weighted by Crippen LogP contribution is 2.37. The molecule has 2 amide bonds. The van der Waals surface area contributed by atoms with Gasteiger partial charge in [-0.3, -0.25) is 9.59 Å². The molecule has 2 aromatic carbocycles. The zero-order valence-electron chi connectivity index (χ0n) is 15.0. The average molecular weight is 354 g/mol. The summed E-state index contributed by atoms with van der Waals surface area (Å²) in [7, 11) is 1.62. The number of rotatable bonds is 4. The van der Waals surface area contributed by atoms with Gasteiger partial charge in [-0.2, -0.15) is 0 Å². The monoisotopic (exact) mass is 354 g/mol. The third-order valence-corrected chi connectivity index (χ3v) is 4.58. The van der Waals surface area contributed by atoms with E-state index in [9.17, 15) is 14.7 Å². The molecule has 26 heavy (non-hydrogen) atoms. The molecule has 6 heteroatoms. The van der Waals surface area contributed by atoms with Gasteiger partial charge in [-0.1, -0.05) is 36.4 Å². The van der Waals surface area contributed by atoms with E-state index in [4.69, 9.17) is 4.74 Å². The Morgan fingerprint density at radius 3 is 2.65 bits per heavy atom. The lowest BCUT2D eigenvalue weighted by atomic mass is 9.99. The number of carbonyl (C=O) groups excluding carboxylic acids is 2. The highest BCUT2D eigenvalue weighted by Gasteiger charge is 2.49. The van der Waals surface area contributed by atoms with Crippen LogP contribution in [-0.4, -0.2) is 36.1 Å². The summed E-state index contributed by atoms with van der Waals surface area (Å²) >= 11 is 0. The van der Waals surface area contributed by atoms with Gasteiger partial charge in [0.05, 0.1) is 11.8 Å². The van der Waals surface area contributed by atoms with Crippen molar-refractivity contribution in [2.75, 3.05) is 18.5 Å². The Kier molecular flexibility index (Phi) is 4.70. The van der Waals surface area contributed by atoms with Crippen molar-refractivity contribution < 1.29 is 19.4 Å². The number of nitrogens with one attached hydrogen (secondary N) is 1. The Labute approximate surface area is 152 Å². The van der Waals surface area contributed by atoms with Gasteiger partial charge in [-0.25, -0.2) is 0 Å². The molecule has 0 bridgehead atoms. The van der Waals surface area contributed by atoms with Crippen LogP contribution in [0.15, 0.2) is 48.5 Å². The van der Waals surface area contributed by atoms with Crippen molar-refractivity contribution in [2.45, 2.75) is 25.6 Å². The lowest BCUT2D eigenvalue weighted by Crippen LogP contribution is -2.61. The molecule has 0 saturated heterocycles. The van der Waals surface area contributed by atoms with Crippen LogP contribution in [0.1, 0.15) is 24.2 Å². The number of anilines is 1. The van der Waals surface area contributed by atoms with E-state index in [1.165, 1.54) is 11.8 Å². The van der Waals surface area contributed by atoms with Gasteiger partial charge in [0.1, 0.15) is 5.75 Å². The van der Waals surface area contributed by atoms with Crippen LogP contribution in [0.3, 0.4) is 0 Å². The molecule has 2 aromatic rings. The summed E-state index contributed by atoms with van der Waals surface area (Å²) < 4.78 is 5.77. The predicted molar refractivity (Wildman–Crippen MR) is 98.0 cm³/mol. The van der Waals surface area contributed by atoms with E-state index in [1.807, 2.05) is 37.3 Å². The van der Waals surface area contributed by atoms with E-state index < -0.39 is 23.5 Å². The maximum atomic E-state index is 12.8. The van der Waals surface area contributed by atoms with Gasteiger partial charge in [0.25, 0.3) is 17.4 Å². The fourth-order valence-corrected chi connectivity index (χ4v) is 2.96. The van der Waals surface area contributed by atoms with Gasteiger partial charge in [-0.15, -0.1) is 0 Å². The van der Waals surface area contributed by atoms with Crippen molar-refractivity contribution in [3.8, 4) is 5.75 Å². The Bertz CT molecular complexity index is 837. The molecule has 0 fully saturated rings. The van der Waals surface area contributed by atoms with Crippen LogP contribution in [0.2, 0.25) is 0 Å². The first-order valence-corrected chi connectivity index (χ1v) is 8.42. The molecule has 2 atom stereocenters. The molecular formula is C20H22N2O4. The topological polar surface area (TPSA) is 78.9 Å². The smallest absolute Gasteiger partial charge is 0.280 e. The van der Waals surface area contributed by atoms with Gasteiger partial charge in [0.2, 0.25) is 0 Å². The van der Waals surface area contributed by atoms with Gasteiger partial charge < -0.3 is 20.1 Å². The minimum Gasteiger partial charge on any atom is -0.466 e. The molecule has 0 saturated carbocycles. The van der Waals surface area contributed by atoms with Gasteiger partial charge in [0, 0.05) is 13.6 Å². The Morgan fingerprint density at radius 2 is 1.96 bits per heavy atom. The number of aliphatic hydroxyl groups excluding tert-OH is 1. The molecule has 2 N–H and O–H groups in total. The van der Waals surface area contributed by atoms with Crippen LogP contribution in [0, 0.1) is 6.92 Å². The second-order valence-corrected chi connectivity index (χ2v) is 6.61. The van der Waals surface area contributed by atoms with Crippen molar-refractivity contribution in [3.05, 3.63) is 59.7 Å². The van der Waals surface area contributed by atoms with E-state index in [1.54, 1.807) is 25.2 Å². The Hall–Kier alpha value is -2.86. The maximum absolute atomic E-state index is 12.8. The van der Waals surface area contributed by atoms with Gasteiger partial charge in [-0.05, 0) is 37.1 Å². The number of aryl methyl sites for hydroxylation is 1. The number of fused-ring (bicyclic) bond motifs is 1. The quantitative estimate of drug-likeness (QED) is 0.823. The number of aliphatic hydroxyl groups is 1. The second kappa shape index (κ2) is 6.80. The number of ether oxygens (including phenoxy) is 1. The lowest BCUT2D eigenvalue weighted by molar-refractivity contribution is -0.148. The third kappa shape index (κ3) is 3.15. The summed E-state index contributed by atoms with van der Waals surface area (Å²) in [5.41, 5.74) is 0.621. The second-order valence-electron chi connectivity index (χ2n) is 6.61. The molecule has 1 aliphatic rings. The SMILES string of the molecule is Cc1ccc2c(c1)N(C)C(=O)C(C)(C(=O)NCC(O)c1ccccc1)O2. The van der Waals surface area contributed by atoms with Crippen LogP contribution in [-0.2, 0) is 9.59 Å². The number of amides is 2. The number of hydrogen-bond acceptors (Lipinski definition) is 4. The van der Waals surface area contributed by atoms with Crippen molar-refractivity contribution in [1.29, 1.82) is 0 Å². The number of nitrogens with zero attached hydrogens (tertiary/aromatic N) is 1. The number of carbonyl (C=O) groups is 2. The third-order valence-electron chi connectivity index (χ3n) is 4.58. The van der Waals surface area contributed by atoms with Crippen LogP contribution in [0.4, 0.5) is 5.69 Å². The fraction of sp³-hybridized carbons (Fsp3) is 0.300. The van der Waals surface area contributed by atoms with E-state index in [0.717, 1.165) is 5.56 Å². The maximum Gasteiger partial charge on any atom is 0.280 e. The first-order valence-electron chi connectivity index (χ1n) is 8.42. The molecule has 2 unspecified atom stereocenters. The normalized spacial score (nSPS) is 20.2. The molecular weight excluding hydrogens is 332 g/mol. The lowest BCUT2D eigenvalue weighted by Gasteiger charge is -2.38. The minimum atomic E-state index is -1.69. The number of hydrogen-bond donors (Lipinski definition) is 2. The summed E-state index contributed by atoms with van der Waals surface area (Å²) in [6.07, 6.45) is -0.866. The van der Waals surface area contributed by atoms with Crippen LogP contribution in [0.5, 0.6) is 5.75 Å². The summed E-state index contributed by atoms with van der Waals surface area (Å²) in [6.45, 7) is 3.35. The number of likely N-dealkylation sites (N-methyl/N-ethyl adjacent to an activating group) is 1. The highest BCUT2D eigenvalue weighted by atomic mass is 16.5. The molecule has 0 aromatic heterocycles. The molecule has 0 radical (unpaired) electrons. The number of benzene rings is 2. The highest BCUT2D eigenvalue weighted by molar-refractivity contribution is 6.16. The van der Waals surface area contributed by atoms with E-state index >= 15 is 0 Å². The summed E-state index contributed by atoms with van der Waals surface area (Å²) in [5.74, 6) is -0.572. The fourth-order valence-electron chi connectivity index (χ4n) is 2.96. The van der Waals surface area contributed by atoms with Crippen molar-refractivity contribution in [3.63, 3.8) is 0 Å². The molecule has 6 nitrogen and oxygen atoms in total. The first kappa shape index (κ1) is 17.9. The summed E-state index contributed by atoms with van der Waals surface area (Å²) in [5, 5.41) is 12.8. The zero-order valence-corrected chi connectivity index (χ0v) is 15.0. The van der Waals surface area contributed by atoms with Crippen molar-refractivity contribution in [2.24, 2.45) is 0 Å². The first-order chi connectivity index (χ1) is 12.3. The molecule has 3 rings (SSSR count). The van der Waals surface area contributed by atoms with Gasteiger partial charge in [0.15, 0.2) is 0 Å². The molecule has 1 heterocycles. The molecule has 1 aliphatic heterocycles. The average Bonchev–Trinajstić information content (AvgIpc) is 2.65. The van der Waals surface area contributed by atoms with E-state index in [2.05, 4.69) is 5.32 Å². The predicted octanol–water partition coefficient (Wildman–Crippen LogP) is 1.96. The van der Waals surface area contributed by atoms with Crippen LogP contribution < -0.4 is 15.0 Å². The van der Waals surface area contributed by atoms with E-state index in [-0.39, 0.29) is 6.54 Å². The zero-order chi connectivity index (χ0) is 18.9. The van der Waals surface area contributed by atoms with E-state index in [0.29, 0.717) is 17.0 Å². The summed E-state index contributed by atoms with van der Waals surface area (Å²) in [4.78, 5) is 26.9. The van der Waals surface area contributed by atoms with Gasteiger partial charge >= 0.3 is 0 Å². The molecule has 136 valence electrons. The largest absolute Gasteiger partial charge is 0.466 e. The van der Waals surface area contributed by atoms with Crippen molar-refractivity contribution >= 4 is 17.5 Å². The molecule has 0 aliphatic carbocycles. The molecule has 0 spiro atoms. The Balaban J connectivity index is 1.76. The summed E-state index contributed by atoms with van der Waals surface area (Å²) in [6, 6.07) is 14.5.